The van der Waals surface area contributed by atoms with E-state index in [4.69, 9.17) is 7.85 Å². The third-order valence-corrected chi connectivity index (χ3v) is 5.21. The first-order valence-electron chi connectivity index (χ1n) is 11.3. The van der Waals surface area contributed by atoms with Gasteiger partial charge in [0.15, 0.2) is 0 Å². The number of quaternary nitrogens is 1. The van der Waals surface area contributed by atoms with E-state index in [1.54, 1.807) is 18.2 Å². The molecule has 0 bridgehead atoms. The molecule has 1 nitrogen and oxygen atoms in total. The van der Waals surface area contributed by atoms with Crippen LogP contribution in [0.3, 0.4) is 0 Å². The van der Waals surface area contributed by atoms with E-state index in [-0.39, 0.29) is 17.5 Å². The second kappa shape index (κ2) is 12.1. The van der Waals surface area contributed by atoms with Crippen molar-refractivity contribution < 1.29 is 17.7 Å². The molecule has 0 fully saturated rings. The molecular weight excluding hydrogens is 418 g/mol. The van der Waals surface area contributed by atoms with Crippen molar-refractivity contribution >= 4 is 7.85 Å². The normalized spacial score (nSPS) is 11.6. The molecule has 3 rings (SSSR count). The molecule has 0 aliphatic rings. The molecule has 0 unspecified atom stereocenters. The number of hydrogen-bond donors (Lipinski definition) is 0. The number of benzene rings is 3. The molecule has 3 aromatic rings. The van der Waals surface area contributed by atoms with Gasteiger partial charge in [-0.1, -0.05) is 55.7 Å². The van der Waals surface area contributed by atoms with E-state index in [1.165, 1.54) is 36.4 Å². The van der Waals surface area contributed by atoms with Crippen LogP contribution in [-0.4, -0.2) is 40.5 Å². The molecule has 0 N–H and O–H groups in total. The highest BCUT2D eigenvalue weighted by molar-refractivity contribution is 6.08. The Morgan fingerprint density at radius 2 is 1.00 bits per heavy atom. The lowest BCUT2D eigenvalue weighted by Crippen LogP contribution is -2.30. The SMILES string of the molecule is C[N+](C)(C)C.[B-]CCCCCC(c1cccc(F)c1)(c1cccc(F)c1)c1cccc(F)c1. The monoisotopic (exact) mass is 452 g/mol. The van der Waals surface area contributed by atoms with E-state index in [2.05, 4.69) is 28.2 Å². The third kappa shape index (κ3) is 8.08. The standard InChI is InChI=1S/C24H22BF3.C4H12N/c25-14-3-1-2-13-24(18-7-4-10-21(26)15-18,19-8-5-11-22(27)16-19)20-9-6-12-23(28)17-20;1-5(2,3)4/h4-12,15-17H,1-3,13-14H2;1-4H3/q-1;+1. The summed E-state index contributed by atoms with van der Waals surface area (Å²) >= 11 is 0. The Bertz CT molecular complexity index is 897. The molecular formula is C28H34BF3N. The van der Waals surface area contributed by atoms with Crippen LogP contribution >= 0.6 is 0 Å². The average molecular weight is 452 g/mol. The molecule has 0 aromatic heterocycles. The quantitative estimate of drug-likeness (QED) is 0.151. The number of hydrogen-bond acceptors (Lipinski definition) is 0. The van der Waals surface area contributed by atoms with Crippen molar-refractivity contribution in [3.05, 3.63) is 107 Å². The van der Waals surface area contributed by atoms with Crippen molar-refractivity contribution in [3.63, 3.8) is 0 Å². The minimum Gasteiger partial charge on any atom is -0.626 e. The minimum atomic E-state index is -0.860. The fourth-order valence-corrected chi connectivity index (χ4v) is 3.91. The Labute approximate surface area is 198 Å². The molecule has 0 amide bonds. The Kier molecular flexibility index (Phi) is 9.78. The van der Waals surface area contributed by atoms with Gasteiger partial charge in [0, 0.05) is 5.41 Å². The second-order valence-corrected chi connectivity index (χ2v) is 9.72. The van der Waals surface area contributed by atoms with E-state index < -0.39 is 5.41 Å². The van der Waals surface area contributed by atoms with Crippen molar-refractivity contribution in [1.82, 2.24) is 0 Å². The first kappa shape index (κ1) is 26.7. The van der Waals surface area contributed by atoms with Crippen LogP contribution in [0.15, 0.2) is 72.8 Å². The number of unbranched alkanes of at least 4 members (excludes halogenated alkanes) is 2. The molecule has 3 aromatic carbocycles. The van der Waals surface area contributed by atoms with Gasteiger partial charge in [0.1, 0.15) is 17.5 Å². The summed E-state index contributed by atoms with van der Waals surface area (Å²) in [7, 11) is 14.1. The molecule has 0 saturated carbocycles. The fraction of sp³-hybridized carbons (Fsp3) is 0.357. The zero-order valence-corrected chi connectivity index (χ0v) is 20.1. The lowest BCUT2D eigenvalue weighted by Gasteiger charge is -2.36. The van der Waals surface area contributed by atoms with Crippen LogP contribution in [0.25, 0.3) is 0 Å². The van der Waals surface area contributed by atoms with Crippen LogP contribution in [-0.2, 0) is 5.41 Å². The minimum absolute atomic E-state index is 0.378. The first-order valence-corrected chi connectivity index (χ1v) is 11.3. The lowest BCUT2D eigenvalue weighted by atomic mass is 9.66. The molecule has 3 radical (unpaired) electrons. The van der Waals surface area contributed by atoms with Crippen LogP contribution in [0.4, 0.5) is 13.2 Å². The second-order valence-electron chi connectivity index (χ2n) is 9.72. The highest BCUT2D eigenvalue weighted by Gasteiger charge is 2.36. The van der Waals surface area contributed by atoms with E-state index in [0.29, 0.717) is 29.4 Å². The largest absolute Gasteiger partial charge is 0.626 e. The molecule has 0 aliphatic heterocycles. The predicted molar refractivity (Wildman–Crippen MR) is 132 cm³/mol. The van der Waals surface area contributed by atoms with E-state index in [9.17, 15) is 13.2 Å². The number of rotatable bonds is 8. The zero-order chi connectivity index (χ0) is 24.5. The van der Waals surface area contributed by atoms with Gasteiger partial charge in [0.25, 0.3) is 0 Å². The molecule has 5 heteroatoms. The van der Waals surface area contributed by atoms with Crippen LogP contribution in [0.2, 0.25) is 6.32 Å². The highest BCUT2D eigenvalue weighted by atomic mass is 19.1. The van der Waals surface area contributed by atoms with Crippen LogP contribution in [0.5, 0.6) is 0 Å². The molecule has 0 saturated heterocycles. The van der Waals surface area contributed by atoms with E-state index >= 15 is 0 Å². The zero-order valence-electron chi connectivity index (χ0n) is 20.1. The van der Waals surface area contributed by atoms with Gasteiger partial charge in [0.2, 0.25) is 0 Å². The van der Waals surface area contributed by atoms with Crippen molar-refractivity contribution in [2.24, 2.45) is 0 Å². The maximum atomic E-state index is 14.2. The molecule has 0 atom stereocenters. The maximum Gasteiger partial charge on any atom is 0.123 e. The van der Waals surface area contributed by atoms with Crippen LogP contribution in [0.1, 0.15) is 42.4 Å². The summed E-state index contributed by atoms with van der Waals surface area (Å²) < 4.78 is 43.5. The first-order chi connectivity index (χ1) is 15.6. The Balaban J connectivity index is 0.000000696. The summed E-state index contributed by atoms with van der Waals surface area (Å²) in [6.07, 6.45) is 3.72. The van der Waals surface area contributed by atoms with Gasteiger partial charge < -0.3 is 12.3 Å². The van der Waals surface area contributed by atoms with Crippen molar-refractivity contribution in [1.29, 1.82) is 0 Å². The smallest absolute Gasteiger partial charge is 0.123 e. The summed E-state index contributed by atoms with van der Waals surface area (Å²) in [5.74, 6) is -1.13. The van der Waals surface area contributed by atoms with Crippen LogP contribution in [0, 0.1) is 17.5 Å². The summed E-state index contributed by atoms with van der Waals surface area (Å²) in [6, 6.07) is 18.9. The Morgan fingerprint density at radius 1 is 0.636 bits per heavy atom. The fourth-order valence-electron chi connectivity index (χ4n) is 3.91. The van der Waals surface area contributed by atoms with Crippen LogP contribution < -0.4 is 0 Å². The van der Waals surface area contributed by atoms with Crippen molar-refractivity contribution in [2.45, 2.75) is 37.4 Å². The topological polar surface area (TPSA) is 0 Å². The van der Waals surface area contributed by atoms with Gasteiger partial charge >= 0.3 is 0 Å². The summed E-state index contributed by atoms with van der Waals surface area (Å²) in [4.78, 5) is 0. The molecule has 33 heavy (non-hydrogen) atoms. The summed E-state index contributed by atoms with van der Waals surface area (Å²) in [5, 5.41) is 0. The molecule has 0 heterocycles. The van der Waals surface area contributed by atoms with Gasteiger partial charge in [-0.25, -0.2) is 13.2 Å². The Hall–Kier alpha value is -2.53. The number of nitrogens with zero attached hydrogens (tertiary/aromatic N) is 1. The molecule has 0 aliphatic carbocycles. The third-order valence-electron chi connectivity index (χ3n) is 5.21. The average Bonchev–Trinajstić information content (AvgIpc) is 2.73. The number of halogens is 3. The van der Waals surface area contributed by atoms with Crippen molar-refractivity contribution in [2.75, 3.05) is 28.2 Å². The van der Waals surface area contributed by atoms with E-state index in [1.807, 2.05) is 18.2 Å². The lowest BCUT2D eigenvalue weighted by molar-refractivity contribution is -0.849. The van der Waals surface area contributed by atoms with Gasteiger partial charge in [0.05, 0.1) is 28.2 Å². The molecule has 0 spiro atoms. The van der Waals surface area contributed by atoms with Crippen molar-refractivity contribution in [3.8, 4) is 0 Å². The molecule has 175 valence electrons. The summed E-state index contributed by atoms with van der Waals surface area (Å²) in [6.45, 7) is 0. The van der Waals surface area contributed by atoms with Gasteiger partial charge in [-0.15, -0.1) is 0 Å². The maximum absolute atomic E-state index is 14.2. The van der Waals surface area contributed by atoms with Gasteiger partial charge in [-0.2, -0.15) is 0 Å². The summed E-state index contributed by atoms with van der Waals surface area (Å²) in [5.41, 5.74) is 1.17. The van der Waals surface area contributed by atoms with Gasteiger partial charge in [-0.05, 0) is 59.5 Å². The highest BCUT2D eigenvalue weighted by Crippen LogP contribution is 2.44. The Morgan fingerprint density at radius 3 is 1.30 bits per heavy atom. The predicted octanol–water partition coefficient (Wildman–Crippen LogP) is 6.91. The van der Waals surface area contributed by atoms with E-state index in [0.717, 1.165) is 23.7 Å². The van der Waals surface area contributed by atoms with Gasteiger partial charge in [-0.3, -0.25) is 6.32 Å².